The highest BCUT2D eigenvalue weighted by molar-refractivity contribution is 6.04. The molecular weight excluding hydrogens is 354 g/mol. The fourth-order valence-corrected chi connectivity index (χ4v) is 2.90. The molecule has 2 aromatic carbocycles. The number of nitrogens with zero attached hydrogens (tertiary/aromatic N) is 2. The van der Waals surface area contributed by atoms with Crippen molar-refractivity contribution in [1.29, 1.82) is 0 Å². The Kier molecular flexibility index (Phi) is 4.15. The van der Waals surface area contributed by atoms with E-state index in [9.17, 15) is 18.4 Å². The second-order valence-corrected chi connectivity index (χ2v) is 6.14. The summed E-state index contributed by atoms with van der Waals surface area (Å²) in [6.45, 7) is 0. The van der Waals surface area contributed by atoms with Crippen LogP contribution in [-0.4, -0.2) is 21.6 Å². The summed E-state index contributed by atoms with van der Waals surface area (Å²) in [4.78, 5) is 23.8. The summed E-state index contributed by atoms with van der Waals surface area (Å²) in [5.41, 5.74) is 2.53. The van der Waals surface area contributed by atoms with Gasteiger partial charge >= 0.3 is 0 Å². The molecule has 0 unspecified atom stereocenters. The Morgan fingerprint density at radius 1 is 1.15 bits per heavy atom. The largest absolute Gasteiger partial charge is 0.326 e. The van der Waals surface area contributed by atoms with Crippen molar-refractivity contribution in [2.24, 2.45) is 0 Å². The normalized spacial score (nSPS) is 13.0. The average molecular weight is 368 g/mol. The van der Waals surface area contributed by atoms with Crippen LogP contribution in [0.15, 0.2) is 48.8 Å². The molecule has 2 N–H and O–H groups in total. The van der Waals surface area contributed by atoms with Crippen molar-refractivity contribution in [2.45, 2.75) is 12.8 Å². The summed E-state index contributed by atoms with van der Waals surface area (Å²) < 4.78 is 28.0. The zero-order chi connectivity index (χ0) is 19.0. The molecule has 0 aliphatic carbocycles. The van der Waals surface area contributed by atoms with E-state index in [4.69, 9.17) is 0 Å². The minimum atomic E-state index is -0.776. The lowest BCUT2D eigenvalue weighted by Crippen LogP contribution is -2.19. The predicted octanol–water partition coefficient (Wildman–Crippen LogP) is 3.29. The third-order valence-electron chi connectivity index (χ3n) is 4.26. The Labute approximate surface area is 152 Å². The second kappa shape index (κ2) is 6.64. The number of rotatable bonds is 3. The summed E-state index contributed by atoms with van der Waals surface area (Å²) in [5.74, 6) is -1.91. The van der Waals surface area contributed by atoms with Gasteiger partial charge in [0.2, 0.25) is 5.91 Å². The number of hydrogen-bond acceptors (Lipinski definition) is 3. The lowest BCUT2D eigenvalue weighted by Gasteiger charge is -2.17. The van der Waals surface area contributed by atoms with E-state index in [1.165, 1.54) is 23.1 Å². The average Bonchev–Trinajstić information content (AvgIpc) is 3.12. The smallest absolute Gasteiger partial charge is 0.258 e. The monoisotopic (exact) mass is 368 g/mol. The number of aromatic nitrogens is 2. The Morgan fingerprint density at radius 2 is 2.00 bits per heavy atom. The van der Waals surface area contributed by atoms with Crippen molar-refractivity contribution >= 4 is 23.2 Å². The van der Waals surface area contributed by atoms with Crippen LogP contribution in [0.3, 0.4) is 0 Å². The van der Waals surface area contributed by atoms with Gasteiger partial charge in [0.1, 0.15) is 11.5 Å². The van der Waals surface area contributed by atoms with E-state index in [-0.39, 0.29) is 17.2 Å². The molecule has 0 fully saturated rings. The molecular formula is C19H14F2N4O2. The molecule has 0 bridgehead atoms. The second-order valence-electron chi connectivity index (χ2n) is 6.14. The molecule has 6 nitrogen and oxygen atoms in total. The van der Waals surface area contributed by atoms with Crippen LogP contribution >= 0.6 is 0 Å². The van der Waals surface area contributed by atoms with Crippen molar-refractivity contribution < 1.29 is 18.4 Å². The highest BCUT2D eigenvalue weighted by atomic mass is 19.1. The molecule has 0 saturated heterocycles. The van der Waals surface area contributed by atoms with E-state index >= 15 is 0 Å². The summed E-state index contributed by atoms with van der Waals surface area (Å²) in [6.07, 6.45) is 3.67. The van der Waals surface area contributed by atoms with Gasteiger partial charge in [0.25, 0.3) is 5.91 Å². The van der Waals surface area contributed by atoms with Crippen LogP contribution in [0.1, 0.15) is 22.3 Å². The Hall–Kier alpha value is -3.55. The first-order chi connectivity index (χ1) is 13.0. The number of aryl methyl sites for hydroxylation is 1. The zero-order valence-electron chi connectivity index (χ0n) is 14.0. The first-order valence-corrected chi connectivity index (χ1v) is 8.24. The molecule has 1 aliphatic heterocycles. The van der Waals surface area contributed by atoms with Gasteiger partial charge in [-0.2, -0.15) is 5.10 Å². The fourth-order valence-electron chi connectivity index (χ4n) is 2.90. The zero-order valence-corrected chi connectivity index (χ0v) is 14.0. The number of carbonyl (C=O) groups excluding carboxylic acids is 2. The summed E-state index contributed by atoms with van der Waals surface area (Å²) >= 11 is 0. The Balaban J connectivity index is 1.52. The van der Waals surface area contributed by atoms with Crippen LogP contribution in [0.4, 0.5) is 20.2 Å². The van der Waals surface area contributed by atoms with Crippen LogP contribution in [0.2, 0.25) is 0 Å². The molecule has 136 valence electrons. The molecule has 2 amide bonds. The maximum Gasteiger partial charge on any atom is 0.258 e. The first-order valence-electron chi connectivity index (χ1n) is 8.24. The van der Waals surface area contributed by atoms with Crippen LogP contribution in [0.25, 0.3) is 5.69 Å². The molecule has 3 aromatic rings. The number of halogens is 2. The van der Waals surface area contributed by atoms with Gasteiger partial charge in [-0.3, -0.25) is 9.59 Å². The van der Waals surface area contributed by atoms with Gasteiger partial charge in [0.15, 0.2) is 5.82 Å². The van der Waals surface area contributed by atoms with E-state index in [1.54, 1.807) is 18.2 Å². The molecule has 0 atom stereocenters. The van der Waals surface area contributed by atoms with Gasteiger partial charge in [0, 0.05) is 30.1 Å². The van der Waals surface area contributed by atoms with Gasteiger partial charge in [0.05, 0.1) is 11.8 Å². The van der Waals surface area contributed by atoms with E-state index in [0.29, 0.717) is 18.5 Å². The standard InChI is InChI=1S/C19H14F2N4O2/c20-13-2-5-17(15(21)8-13)25-10-12(9-22-25)19(27)23-14-3-4-16-11(7-14)1-6-18(26)24-16/h2-5,7-10H,1,6H2,(H,23,27)(H,24,26). The molecule has 27 heavy (non-hydrogen) atoms. The number of amides is 2. The number of nitrogens with one attached hydrogen (secondary N) is 2. The molecule has 1 aromatic heterocycles. The predicted molar refractivity (Wildman–Crippen MR) is 94.8 cm³/mol. The first kappa shape index (κ1) is 16.9. The fraction of sp³-hybridized carbons (Fsp3) is 0.105. The topological polar surface area (TPSA) is 76.0 Å². The summed E-state index contributed by atoms with van der Waals surface area (Å²) in [6, 6.07) is 8.34. The molecule has 4 rings (SSSR count). The van der Waals surface area contributed by atoms with Crippen molar-refractivity contribution in [3.63, 3.8) is 0 Å². The lowest BCUT2D eigenvalue weighted by molar-refractivity contribution is -0.116. The third kappa shape index (κ3) is 3.41. The quantitative estimate of drug-likeness (QED) is 0.745. The number of carbonyl (C=O) groups is 2. The third-order valence-corrected chi connectivity index (χ3v) is 4.26. The van der Waals surface area contributed by atoms with Gasteiger partial charge in [-0.05, 0) is 42.3 Å². The molecule has 2 heterocycles. The molecule has 1 aliphatic rings. The SMILES string of the molecule is O=C1CCc2cc(NC(=O)c3cnn(-c4ccc(F)cc4F)c3)ccc2N1. The van der Waals surface area contributed by atoms with Gasteiger partial charge in [-0.15, -0.1) is 0 Å². The Morgan fingerprint density at radius 3 is 2.81 bits per heavy atom. The maximum atomic E-state index is 13.8. The minimum absolute atomic E-state index is 0.0280. The van der Waals surface area contributed by atoms with Crippen LogP contribution in [-0.2, 0) is 11.2 Å². The maximum absolute atomic E-state index is 13.8. The van der Waals surface area contributed by atoms with E-state index in [1.807, 2.05) is 0 Å². The molecule has 0 spiro atoms. The molecule has 0 radical (unpaired) electrons. The molecule has 0 saturated carbocycles. The number of fused-ring (bicyclic) bond motifs is 1. The van der Waals surface area contributed by atoms with Gasteiger partial charge in [-0.25, -0.2) is 13.5 Å². The van der Waals surface area contributed by atoms with Crippen molar-refractivity contribution in [2.75, 3.05) is 10.6 Å². The van der Waals surface area contributed by atoms with Crippen molar-refractivity contribution in [3.8, 4) is 5.69 Å². The van der Waals surface area contributed by atoms with E-state index < -0.39 is 17.5 Å². The van der Waals surface area contributed by atoms with E-state index in [0.717, 1.165) is 23.4 Å². The van der Waals surface area contributed by atoms with Gasteiger partial charge in [-0.1, -0.05) is 0 Å². The number of hydrogen-bond donors (Lipinski definition) is 2. The highest BCUT2D eigenvalue weighted by Gasteiger charge is 2.16. The minimum Gasteiger partial charge on any atom is -0.326 e. The molecule has 8 heteroatoms. The summed E-state index contributed by atoms with van der Waals surface area (Å²) in [5, 5.41) is 9.49. The van der Waals surface area contributed by atoms with E-state index in [2.05, 4.69) is 15.7 Å². The lowest BCUT2D eigenvalue weighted by atomic mass is 10.0. The van der Waals surface area contributed by atoms with Crippen LogP contribution in [0.5, 0.6) is 0 Å². The van der Waals surface area contributed by atoms with Crippen molar-refractivity contribution in [1.82, 2.24) is 9.78 Å². The highest BCUT2D eigenvalue weighted by Crippen LogP contribution is 2.26. The van der Waals surface area contributed by atoms with Crippen molar-refractivity contribution in [3.05, 3.63) is 71.6 Å². The Bertz CT molecular complexity index is 1060. The van der Waals surface area contributed by atoms with Crippen LogP contribution < -0.4 is 10.6 Å². The number of anilines is 2. The number of benzene rings is 2. The summed E-state index contributed by atoms with van der Waals surface area (Å²) in [7, 11) is 0. The van der Waals surface area contributed by atoms with Crippen LogP contribution in [0, 0.1) is 11.6 Å². The van der Waals surface area contributed by atoms with Gasteiger partial charge < -0.3 is 10.6 Å².